The summed E-state index contributed by atoms with van der Waals surface area (Å²) in [6.45, 7) is 3.82. The van der Waals surface area contributed by atoms with Gasteiger partial charge in [-0.2, -0.15) is 13.2 Å². The average Bonchev–Trinajstić information content (AvgIpc) is 3.17. The molecule has 0 bridgehead atoms. The number of pyridine rings is 2. The number of carbonyl (C=O) groups is 1. The number of amides is 1. The summed E-state index contributed by atoms with van der Waals surface area (Å²) in [5, 5.41) is 2.41. The summed E-state index contributed by atoms with van der Waals surface area (Å²) in [7, 11) is 0. The number of halogens is 3. The van der Waals surface area contributed by atoms with Crippen molar-refractivity contribution in [2.75, 3.05) is 5.32 Å². The van der Waals surface area contributed by atoms with E-state index in [0.29, 0.717) is 11.3 Å². The SMILES string of the molecule is Cc1ccc(C(=O)Nc2cc(C(F)(F)F)ccn2)cc1C#Cc1cnc2c(C)cccn12. The van der Waals surface area contributed by atoms with Gasteiger partial charge in [0.25, 0.3) is 5.91 Å². The minimum Gasteiger partial charge on any atom is -0.307 e. The Labute approximate surface area is 181 Å². The number of benzene rings is 1. The third-order valence-corrected chi connectivity index (χ3v) is 4.88. The zero-order chi connectivity index (χ0) is 22.9. The third kappa shape index (κ3) is 4.32. The molecule has 0 aliphatic heterocycles. The van der Waals surface area contributed by atoms with Crippen LogP contribution in [0.25, 0.3) is 5.65 Å². The number of alkyl halides is 3. The summed E-state index contributed by atoms with van der Waals surface area (Å²) in [4.78, 5) is 20.8. The number of hydrogen-bond donors (Lipinski definition) is 1. The molecule has 1 N–H and O–H groups in total. The van der Waals surface area contributed by atoms with Crippen LogP contribution in [0.4, 0.5) is 19.0 Å². The van der Waals surface area contributed by atoms with E-state index in [-0.39, 0.29) is 11.4 Å². The van der Waals surface area contributed by atoms with Crippen molar-refractivity contribution in [1.82, 2.24) is 14.4 Å². The Morgan fingerprint density at radius 2 is 1.84 bits per heavy atom. The van der Waals surface area contributed by atoms with Gasteiger partial charge in [-0.1, -0.05) is 18.1 Å². The topological polar surface area (TPSA) is 59.3 Å². The predicted octanol–water partition coefficient (Wildman–Crippen LogP) is 5.02. The first-order chi connectivity index (χ1) is 15.2. The van der Waals surface area contributed by atoms with E-state index in [2.05, 4.69) is 27.1 Å². The number of aromatic nitrogens is 3. The number of anilines is 1. The molecule has 4 rings (SSSR count). The number of carbonyl (C=O) groups excluding carboxylic acids is 1. The van der Waals surface area contributed by atoms with E-state index in [1.807, 2.05) is 36.6 Å². The molecule has 3 aromatic heterocycles. The van der Waals surface area contributed by atoms with Crippen molar-refractivity contribution in [3.8, 4) is 11.8 Å². The molecule has 1 aromatic carbocycles. The summed E-state index contributed by atoms with van der Waals surface area (Å²) in [5.41, 5.74) is 3.39. The van der Waals surface area contributed by atoms with Crippen molar-refractivity contribution in [3.63, 3.8) is 0 Å². The number of aryl methyl sites for hydroxylation is 2. The van der Waals surface area contributed by atoms with Gasteiger partial charge in [-0.15, -0.1) is 0 Å². The molecule has 0 saturated heterocycles. The first-order valence-corrected chi connectivity index (χ1v) is 9.62. The van der Waals surface area contributed by atoms with Gasteiger partial charge in [-0.25, -0.2) is 9.97 Å². The van der Waals surface area contributed by atoms with Gasteiger partial charge < -0.3 is 5.32 Å². The van der Waals surface area contributed by atoms with Crippen LogP contribution < -0.4 is 5.32 Å². The van der Waals surface area contributed by atoms with E-state index in [1.54, 1.807) is 24.4 Å². The minimum absolute atomic E-state index is 0.181. The minimum atomic E-state index is -4.52. The lowest BCUT2D eigenvalue weighted by Crippen LogP contribution is -2.14. The maximum Gasteiger partial charge on any atom is 0.416 e. The van der Waals surface area contributed by atoms with Crippen molar-refractivity contribution in [2.45, 2.75) is 20.0 Å². The van der Waals surface area contributed by atoms with Gasteiger partial charge in [0.1, 0.15) is 17.2 Å². The molecule has 32 heavy (non-hydrogen) atoms. The summed E-state index contributed by atoms with van der Waals surface area (Å²) in [5.74, 6) is 5.37. The van der Waals surface area contributed by atoms with Crippen molar-refractivity contribution in [1.29, 1.82) is 0 Å². The fourth-order valence-corrected chi connectivity index (χ4v) is 3.14. The maximum absolute atomic E-state index is 12.9. The van der Waals surface area contributed by atoms with E-state index < -0.39 is 17.6 Å². The number of nitrogens with zero attached hydrogens (tertiary/aromatic N) is 3. The average molecular weight is 434 g/mol. The van der Waals surface area contributed by atoms with E-state index in [1.165, 1.54) is 0 Å². The highest BCUT2D eigenvalue weighted by atomic mass is 19.4. The Bertz CT molecular complexity index is 1390. The van der Waals surface area contributed by atoms with E-state index in [9.17, 15) is 18.0 Å². The Kier molecular flexibility index (Phi) is 5.41. The van der Waals surface area contributed by atoms with Crippen molar-refractivity contribution >= 4 is 17.4 Å². The molecule has 8 heteroatoms. The van der Waals surface area contributed by atoms with Gasteiger partial charge in [-0.05, 0) is 61.2 Å². The Hall–Kier alpha value is -4.12. The number of fused-ring (bicyclic) bond motifs is 1. The molecule has 0 saturated carbocycles. The second-order valence-electron chi connectivity index (χ2n) is 7.19. The summed E-state index contributed by atoms with van der Waals surface area (Å²) in [6, 6.07) is 10.4. The van der Waals surface area contributed by atoms with E-state index in [4.69, 9.17) is 0 Å². The molecule has 3 heterocycles. The number of hydrogen-bond acceptors (Lipinski definition) is 3. The number of nitrogens with one attached hydrogen (secondary N) is 1. The monoisotopic (exact) mass is 434 g/mol. The van der Waals surface area contributed by atoms with Crippen LogP contribution in [0.3, 0.4) is 0 Å². The molecule has 0 fully saturated rings. The van der Waals surface area contributed by atoms with Crippen LogP contribution in [0.1, 0.15) is 38.3 Å². The van der Waals surface area contributed by atoms with Crippen molar-refractivity contribution in [2.24, 2.45) is 0 Å². The second-order valence-corrected chi connectivity index (χ2v) is 7.19. The van der Waals surface area contributed by atoms with E-state index in [0.717, 1.165) is 35.1 Å². The van der Waals surface area contributed by atoms with Crippen LogP contribution >= 0.6 is 0 Å². The molecule has 1 amide bonds. The molecule has 0 aliphatic rings. The predicted molar refractivity (Wildman–Crippen MR) is 114 cm³/mol. The standard InChI is InChI=1S/C24H17F3N4O/c1-15-5-6-18(23(32)30-21-13-19(9-10-28-21)24(25,26)27)12-17(15)7-8-20-14-29-22-16(2)4-3-11-31(20)22/h3-6,9-14H,1-2H3,(H,28,30,32). The van der Waals surface area contributed by atoms with Crippen LogP contribution in [0.5, 0.6) is 0 Å². The van der Waals surface area contributed by atoms with Gasteiger partial charge in [0.15, 0.2) is 0 Å². The van der Waals surface area contributed by atoms with E-state index >= 15 is 0 Å². The van der Waals surface area contributed by atoms with Crippen LogP contribution in [-0.2, 0) is 6.18 Å². The van der Waals surface area contributed by atoms with Gasteiger partial charge >= 0.3 is 6.18 Å². The highest BCUT2D eigenvalue weighted by Crippen LogP contribution is 2.30. The Morgan fingerprint density at radius 1 is 1.03 bits per heavy atom. The fourth-order valence-electron chi connectivity index (χ4n) is 3.14. The summed E-state index contributed by atoms with van der Waals surface area (Å²) >= 11 is 0. The largest absolute Gasteiger partial charge is 0.416 e. The number of imidazole rings is 1. The smallest absolute Gasteiger partial charge is 0.307 e. The first-order valence-electron chi connectivity index (χ1n) is 9.62. The lowest BCUT2D eigenvalue weighted by Gasteiger charge is -2.09. The fraction of sp³-hybridized carbons (Fsp3) is 0.125. The molecular weight excluding hydrogens is 417 g/mol. The molecule has 0 spiro atoms. The molecule has 4 aromatic rings. The summed E-state index contributed by atoms with van der Waals surface area (Å²) in [6.07, 6.45) is 0.0339. The quantitative estimate of drug-likeness (QED) is 0.451. The lowest BCUT2D eigenvalue weighted by atomic mass is 10.0. The zero-order valence-corrected chi connectivity index (χ0v) is 17.2. The second kappa shape index (κ2) is 8.19. The summed E-state index contributed by atoms with van der Waals surface area (Å²) < 4.78 is 40.5. The van der Waals surface area contributed by atoms with Crippen LogP contribution in [0.15, 0.2) is 61.1 Å². The number of rotatable bonds is 2. The maximum atomic E-state index is 12.9. The van der Waals surface area contributed by atoms with Crippen LogP contribution in [0, 0.1) is 25.7 Å². The molecule has 160 valence electrons. The highest BCUT2D eigenvalue weighted by Gasteiger charge is 2.30. The molecule has 0 unspecified atom stereocenters. The normalized spacial score (nSPS) is 11.2. The first kappa shape index (κ1) is 21.1. The molecule has 0 atom stereocenters. The third-order valence-electron chi connectivity index (χ3n) is 4.88. The Balaban J connectivity index is 1.60. The molecule has 0 radical (unpaired) electrons. The lowest BCUT2D eigenvalue weighted by molar-refractivity contribution is -0.137. The Morgan fingerprint density at radius 3 is 2.62 bits per heavy atom. The van der Waals surface area contributed by atoms with Crippen molar-refractivity contribution in [3.05, 3.63) is 94.6 Å². The van der Waals surface area contributed by atoms with Gasteiger partial charge in [0.2, 0.25) is 0 Å². The zero-order valence-electron chi connectivity index (χ0n) is 17.2. The van der Waals surface area contributed by atoms with Gasteiger partial charge in [0, 0.05) is 23.5 Å². The highest BCUT2D eigenvalue weighted by molar-refractivity contribution is 6.04. The van der Waals surface area contributed by atoms with Crippen LogP contribution in [-0.4, -0.2) is 20.3 Å². The molecule has 5 nitrogen and oxygen atoms in total. The molecule has 0 aliphatic carbocycles. The van der Waals surface area contributed by atoms with Gasteiger partial charge in [0.05, 0.1) is 11.8 Å². The van der Waals surface area contributed by atoms with Crippen molar-refractivity contribution < 1.29 is 18.0 Å². The van der Waals surface area contributed by atoms with Crippen LogP contribution in [0.2, 0.25) is 0 Å². The van der Waals surface area contributed by atoms with Gasteiger partial charge in [-0.3, -0.25) is 9.20 Å². The molecular formula is C24H17F3N4O.